The second-order valence-electron chi connectivity index (χ2n) is 18.2. The van der Waals surface area contributed by atoms with Gasteiger partial charge in [0.25, 0.3) is 12.3 Å². The van der Waals surface area contributed by atoms with E-state index in [1.807, 2.05) is 30.3 Å². The number of piperidine rings is 2. The number of morpholine rings is 1. The van der Waals surface area contributed by atoms with E-state index in [9.17, 15) is 23.2 Å². The highest BCUT2D eigenvalue weighted by atomic mass is 19.3. The molecule has 8 heterocycles. The van der Waals surface area contributed by atoms with Crippen molar-refractivity contribution in [3.05, 3.63) is 89.5 Å². The van der Waals surface area contributed by atoms with Crippen LogP contribution in [-0.4, -0.2) is 105 Å². The number of halogens is 2. The summed E-state index contributed by atoms with van der Waals surface area (Å²) in [6.07, 6.45) is 9.49. The number of imide groups is 1. The van der Waals surface area contributed by atoms with Crippen LogP contribution in [0.15, 0.2) is 67.1 Å². The summed E-state index contributed by atoms with van der Waals surface area (Å²) in [5.41, 5.74) is 5.68. The Hall–Kier alpha value is -5.94. The largest absolute Gasteiger partial charge is 0.374 e. The van der Waals surface area contributed by atoms with Gasteiger partial charge in [-0.3, -0.25) is 24.6 Å². The van der Waals surface area contributed by atoms with Gasteiger partial charge in [0.1, 0.15) is 17.4 Å². The first-order valence-electron chi connectivity index (χ1n) is 21.7. The summed E-state index contributed by atoms with van der Waals surface area (Å²) in [5.74, 6) is 0.358. The van der Waals surface area contributed by atoms with Crippen LogP contribution in [0.4, 0.5) is 31.7 Å². The number of aromatic nitrogens is 5. The Labute approximate surface area is 357 Å². The van der Waals surface area contributed by atoms with Crippen molar-refractivity contribution < 1.29 is 27.9 Å². The average Bonchev–Trinajstić information content (AvgIpc) is 4.11. The monoisotopic (exact) mass is 845 g/mol. The van der Waals surface area contributed by atoms with E-state index in [1.165, 1.54) is 45.7 Å². The van der Waals surface area contributed by atoms with Gasteiger partial charge in [0.2, 0.25) is 11.8 Å². The lowest BCUT2D eigenvalue weighted by Gasteiger charge is -2.52. The number of benzene rings is 2. The molecule has 1 unspecified atom stereocenters. The molecule has 1 saturated carbocycles. The molecule has 5 fully saturated rings. The minimum absolute atomic E-state index is 0.0736. The Balaban J connectivity index is 0.694. The predicted molar refractivity (Wildman–Crippen MR) is 227 cm³/mol. The van der Waals surface area contributed by atoms with Crippen molar-refractivity contribution in [2.45, 2.75) is 82.5 Å². The number of para-hydroxylation sites is 1. The fraction of sp³-hybridized carbons (Fsp3) is 0.467. The number of nitrogens with zero attached hydrogens (tertiary/aromatic N) is 9. The molecule has 1 spiro atoms. The molecular formula is C45H49F2N11O4. The first-order chi connectivity index (χ1) is 30.1. The third-order valence-electron chi connectivity index (χ3n) is 14.2. The molecular weight excluding hydrogens is 797 g/mol. The number of carbonyl (C=O) groups excluding carboxylic acids is 3. The Kier molecular flexibility index (Phi) is 9.52. The summed E-state index contributed by atoms with van der Waals surface area (Å²) >= 11 is 0. The number of anilines is 4. The van der Waals surface area contributed by atoms with Crippen molar-refractivity contribution in [1.82, 2.24) is 34.6 Å². The second-order valence-corrected chi connectivity index (χ2v) is 18.2. The van der Waals surface area contributed by atoms with Crippen molar-refractivity contribution >= 4 is 46.2 Å². The number of amides is 3. The molecule has 4 saturated heterocycles. The van der Waals surface area contributed by atoms with Crippen LogP contribution in [0.25, 0.3) is 11.3 Å². The lowest BCUT2D eigenvalue weighted by atomic mass is 9.56. The van der Waals surface area contributed by atoms with E-state index in [-0.39, 0.29) is 41.3 Å². The van der Waals surface area contributed by atoms with Crippen LogP contribution < -0.4 is 25.3 Å². The lowest BCUT2D eigenvalue weighted by Crippen LogP contribution is -2.53. The molecule has 3 atom stereocenters. The third kappa shape index (κ3) is 6.94. The Morgan fingerprint density at radius 2 is 1.89 bits per heavy atom. The maximum Gasteiger partial charge on any atom is 0.284 e. The third-order valence-corrected chi connectivity index (χ3v) is 14.2. The lowest BCUT2D eigenvalue weighted by molar-refractivity contribution is -0.134. The molecule has 3 amide bonds. The minimum atomic E-state index is -2.90. The van der Waals surface area contributed by atoms with Gasteiger partial charge in [0, 0.05) is 32.8 Å². The Bertz CT molecular complexity index is 2560. The van der Waals surface area contributed by atoms with E-state index in [4.69, 9.17) is 9.72 Å². The number of hydrogen-bond acceptors (Lipinski definition) is 11. The van der Waals surface area contributed by atoms with Gasteiger partial charge in [0.05, 0.1) is 60.6 Å². The zero-order valence-corrected chi connectivity index (χ0v) is 34.6. The van der Waals surface area contributed by atoms with Gasteiger partial charge < -0.3 is 24.8 Å². The number of carbonyl (C=O) groups is 3. The molecule has 2 aromatic carbocycles. The molecule has 11 rings (SSSR count). The quantitative estimate of drug-likeness (QED) is 0.176. The summed E-state index contributed by atoms with van der Waals surface area (Å²) in [7, 11) is 2.09. The number of likely N-dealkylation sites (tertiary alicyclic amines) is 1. The average molecular weight is 846 g/mol. The van der Waals surface area contributed by atoms with Crippen molar-refractivity contribution in [3.8, 4) is 5.69 Å². The molecule has 1 aliphatic carbocycles. The highest BCUT2D eigenvalue weighted by Gasteiger charge is 2.46. The smallest absolute Gasteiger partial charge is 0.284 e. The van der Waals surface area contributed by atoms with Gasteiger partial charge in [-0.15, -0.1) is 0 Å². The van der Waals surface area contributed by atoms with E-state index < -0.39 is 18.0 Å². The van der Waals surface area contributed by atoms with E-state index in [1.54, 1.807) is 6.20 Å². The number of nitrogens with one attached hydrogen (secondary N) is 2. The van der Waals surface area contributed by atoms with Crippen LogP contribution in [0.2, 0.25) is 0 Å². The highest BCUT2D eigenvalue weighted by Crippen LogP contribution is 2.54. The maximum absolute atomic E-state index is 14.3. The van der Waals surface area contributed by atoms with Gasteiger partial charge >= 0.3 is 0 Å². The molecule has 62 heavy (non-hydrogen) atoms. The fourth-order valence-electron chi connectivity index (χ4n) is 11.1. The van der Waals surface area contributed by atoms with Crippen LogP contribution >= 0.6 is 0 Å². The number of hydrogen-bond donors (Lipinski definition) is 2. The summed E-state index contributed by atoms with van der Waals surface area (Å²) in [5, 5.41) is 13.6. The predicted octanol–water partition coefficient (Wildman–Crippen LogP) is 5.34. The van der Waals surface area contributed by atoms with E-state index in [0.717, 1.165) is 68.9 Å². The molecule has 17 heteroatoms. The number of rotatable bonds is 10. The van der Waals surface area contributed by atoms with Crippen LogP contribution in [0.3, 0.4) is 0 Å². The molecule has 3 aromatic heterocycles. The van der Waals surface area contributed by atoms with Gasteiger partial charge in [-0.2, -0.15) is 10.2 Å². The van der Waals surface area contributed by atoms with Crippen molar-refractivity contribution in [3.63, 3.8) is 0 Å². The highest BCUT2D eigenvalue weighted by molar-refractivity contribution is 6.08. The Morgan fingerprint density at radius 3 is 2.63 bits per heavy atom. The topological polar surface area (TPSA) is 145 Å². The SMILES string of the molecule is CN1CN(C2CCC(=O)NC2=O)c2cccc(CC3CC4(CCN(Cc5ccc(-n6cc(NC(=O)c7cnn8ccc(N9C[C@H]%10C[C@@H]9CO%10)nc78)c(C(F)F)n6)cc5)CC4)C3)c21. The summed E-state index contributed by atoms with van der Waals surface area (Å²) in [6, 6.07) is 16.0. The maximum atomic E-state index is 14.3. The van der Waals surface area contributed by atoms with Crippen LogP contribution in [0.5, 0.6) is 0 Å². The zero-order chi connectivity index (χ0) is 42.3. The summed E-state index contributed by atoms with van der Waals surface area (Å²) in [4.78, 5) is 51.8. The van der Waals surface area contributed by atoms with Crippen molar-refractivity contribution in [2.24, 2.45) is 11.3 Å². The summed E-state index contributed by atoms with van der Waals surface area (Å²) < 4.78 is 37.2. The van der Waals surface area contributed by atoms with Crippen LogP contribution in [0, 0.1) is 11.3 Å². The normalized spacial score (nSPS) is 23.5. The molecule has 0 radical (unpaired) electrons. The molecule has 2 N–H and O–H groups in total. The molecule has 5 aromatic rings. The van der Waals surface area contributed by atoms with Gasteiger partial charge in [-0.1, -0.05) is 24.3 Å². The van der Waals surface area contributed by atoms with Gasteiger partial charge in [0.15, 0.2) is 11.3 Å². The first-order valence-corrected chi connectivity index (χ1v) is 21.7. The second kappa shape index (κ2) is 15.1. The van der Waals surface area contributed by atoms with E-state index in [2.05, 4.69) is 65.7 Å². The first kappa shape index (κ1) is 38.9. The summed E-state index contributed by atoms with van der Waals surface area (Å²) in [6.45, 7) is 4.86. The molecule has 322 valence electrons. The Morgan fingerprint density at radius 1 is 1.06 bits per heavy atom. The number of ether oxygens (including phenoxy) is 1. The van der Waals surface area contributed by atoms with Crippen molar-refractivity contribution in [1.29, 1.82) is 0 Å². The number of alkyl halides is 2. The molecule has 2 bridgehead atoms. The minimum Gasteiger partial charge on any atom is -0.374 e. The van der Waals surface area contributed by atoms with Crippen LogP contribution in [0.1, 0.15) is 78.6 Å². The van der Waals surface area contributed by atoms with Gasteiger partial charge in [-0.05, 0) is 105 Å². The molecule has 15 nitrogen and oxygen atoms in total. The van der Waals surface area contributed by atoms with Gasteiger partial charge in [-0.25, -0.2) is 23.0 Å². The van der Waals surface area contributed by atoms with Crippen LogP contribution in [-0.2, 0) is 27.3 Å². The standard InChI is InChI=1S/C45H49F2N11O4/c1-53-26-56(36-9-10-38(59)51-44(36)61)35-4-2-3-29(40(35)53)17-28-19-45(20-28)12-15-54(16-13-45)22-27-5-7-30(8-6-27)58-24-34(39(52-58)41(46)47)49-43(60)33-21-48-57-14-11-37(50-42(33)57)55-23-32-18-31(55)25-62-32/h2-8,11,14,21,24,28,31-32,36,41H,9-10,12-13,15-20,22-23,25-26H2,1H3,(H,49,60)(H,51,59,61)/t31-,32-,36?/m1/s1. The molecule has 5 aliphatic heterocycles. The van der Waals surface area contributed by atoms with E-state index in [0.29, 0.717) is 48.8 Å². The fourth-order valence-corrected chi connectivity index (χ4v) is 11.1. The molecule has 6 aliphatic rings. The number of fused-ring (bicyclic) bond motifs is 4. The van der Waals surface area contributed by atoms with Crippen molar-refractivity contribution in [2.75, 3.05) is 60.0 Å². The van der Waals surface area contributed by atoms with E-state index >= 15 is 0 Å². The zero-order valence-electron chi connectivity index (χ0n) is 34.6.